The third-order valence-electron chi connectivity index (χ3n) is 5.35. The van der Waals surface area contributed by atoms with Gasteiger partial charge in [-0.05, 0) is 44.7 Å². The fraction of sp³-hybridized carbons (Fsp3) is 0.579. The van der Waals surface area contributed by atoms with Gasteiger partial charge in [0.05, 0.1) is 6.04 Å². The molecule has 2 aliphatic heterocycles. The molecule has 1 aromatic carbocycles. The van der Waals surface area contributed by atoms with E-state index in [0.29, 0.717) is 19.4 Å². The van der Waals surface area contributed by atoms with E-state index >= 15 is 0 Å². The maximum absolute atomic E-state index is 12.3. The zero-order valence-corrected chi connectivity index (χ0v) is 16.4. The van der Waals surface area contributed by atoms with Crippen LogP contribution < -0.4 is 10.6 Å². The lowest BCUT2D eigenvalue weighted by atomic mass is 9.78. The summed E-state index contributed by atoms with van der Waals surface area (Å²) >= 11 is 4.59. The second-order valence-electron chi connectivity index (χ2n) is 7.74. The first kappa shape index (κ1) is 19.2. The molecule has 2 unspecified atom stereocenters. The molecule has 142 valence electrons. The summed E-state index contributed by atoms with van der Waals surface area (Å²) in [6, 6.07) is 8.49. The number of aldehydes is 1. The van der Waals surface area contributed by atoms with Crippen molar-refractivity contribution in [3.8, 4) is 0 Å². The number of rotatable bonds is 3. The van der Waals surface area contributed by atoms with Gasteiger partial charge in [0.2, 0.25) is 0 Å². The minimum absolute atomic E-state index is 0.0906. The fourth-order valence-corrected chi connectivity index (χ4v) is 4.25. The molecule has 2 N–H and O–H groups in total. The van der Waals surface area contributed by atoms with Crippen LogP contribution in [0.25, 0.3) is 0 Å². The lowest BCUT2D eigenvalue weighted by molar-refractivity contribution is -0.122. The smallest absolute Gasteiger partial charge is 0.410 e. The van der Waals surface area contributed by atoms with E-state index in [4.69, 9.17) is 4.74 Å². The standard InChI is InChI=1S/C19H27N3O3S/c1-13-6-4-5-7-14(13)15-19(21-16(26)20-15)8-10-22(11-9-19)17(24)25-18(2,3)12-23/h4-7,12,15-16,20-21,26H,8-11H2,1-3H3. The minimum Gasteiger partial charge on any atom is -0.436 e. The molecular weight excluding hydrogens is 350 g/mol. The van der Waals surface area contributed by atoms with Crippen LogP contribution in [0.3, 0.4) is 0 Å². The lowest BCUT2D eigenvalue weighted by Gasteiger charge is -2.43. The maximum atomic E-state index is 12.3. The molecule has 1 aromatic rings. The first-order valence-corrected chi connectivity index (χ1v) is 9.50. The van der Waals surface area contributed by atoms with Gasteiger partial charge in [0.1, 0.15) is 5.50 Å². The topological polar surface area (TPSA) is 70.7 Å². The molecule has 1 spiro atoms. The van der Waals surface area contributed by atoms with Gasteiger partial charge in [-0.2, -0.15) is 0 Å². The van der Waals surface area contributed by atoms with E-state index in [1.165, 1.54) is 11.1 Å². The predicted octanol–water partition coefficient (Wildman–Crippen LogP) is 2.39. The Labute approximate surface area is 160 Å². The summed E-state index contributed by atoms with van der Waals surface area (Å²) in [7, 11) is 0. The van der Waals surface area contributed by atoms with E-state index in [0.717, 1.165) is 12.8 Å². The predicted molar refractivity (Wildman–Crippen MR) is 103 cm³/mol. The second kappa shape index (κ2) is 7.21. The summed E-state index contributed by atoms with van der Waals surface area (Å²) in [4.78, 5) is 25.0. The van der Waals surface area contributed by atoms with Gasteiger partial charge in [-0.1, -0.05) is 24.3 Å². The average Bonchev–Trinajstić information content (AvgIpc) is 2.91. The number of benzene rings is 1. The molecule has 2 fully saturated rings. The zero-order chi connectivity index (χ0) is 18.9. The highest BCUT2D eigenvalue weighted by molar-refractivity contribution is 7.80. The molecule has 2 heterocycles. The molecule has 2 aliphatic rings. The molecule has 26 heavy (non-hydrogen) atoms. The lowest BCUT2D eigenvalue weighted by Crippen LogP contribution is -2.55. The number of thiol groups is 1. The maximum Gasteiger partial charge on any atom is 0.410 e. The van der Waals surface area contributed by atoms with Crippen LogP contribution >= 0.6 is 12.6 Å². The molecule has 6 nitrogen and oxygen atoms in total. The van der Waals surface area contributed by atoms with Crippen molar-refractivity contribution in [1.29, 1.82) is 0 Å². The first-order chi connectivity index (χ1) is 12.3. The van der Waals surface area contributed by atoms with E-state index in [2.05, 4.69) is 48.4 Å². The van der Waals surface area contributed by atoms with Crippen molar-refractivity contribution in [2.24, 2.45) is 0 Å². The molecule has 2 saturated heterocycles. The quantitative estimate of drug-likeness (QED) is 0.557. The highest BCUT2D eigenvalue weighted by atomic mass is 32.1. The number of amides is 1. The van der Waals surface area contributed by atoms with Gasteiger partial charge in [0.25, 0.3) is 0 Å². The Morgan fingerprint density at radius 1 is 1.35 bits per heavy atom. The van der Waals surface area contributed by atoms with Crippen molar-refractivity contribution in [3.05, 3.63) is 35.4 Å². The van der Waals surface area contributed by atoms with Gasteiger partial charge >= 0.3 is 6.09 Å². The number of nitrogens with zero attached hydrogens (tertiary/aromatic N) is 1. The second-order valence-corrected chi connectivity index (χ2v) is 8.25. The highest BCUT2D eigenvalue weighted by Crippen LogP contribution is 2.40. The summed E-state index contributed by atoms with van der Waals surface area (Å²) in [5, 5.41) is 7.12. The van der Waals surface area contributed by atoms with Crippen molar-refractivity contribution in [2.45, 2.75) is 56.3 Å². The summed E-state index contributed by atoms with van der Waals surface area (Å²) < 4.78 is 5.30. The molecule has 3 rings (SSSR count). The van der Waals surface area contributed by atoms with Crippen LogP contribution in [0.4, 0.5) is 4.79 Å². The fourth-order valence-electron chi connectivity index (χ4n) is 3.85. The van der Waals surface area contributed by atoms with Crippen molar-refractivity contribution in [3.63, 3.8) is 0 Å². The SMILES string of the molecule is Cc1ccccc1C1NC(S)NC12CCN(C(=O)OC(C)(C)C=O)CC2. The molecule has 0 aliphatic carbocycles. The van der Waals surface area contributed by atoms with Crippen LogP contribution in [0.5, 0.6) is 0 Å². The van der Waals surface area contributed by atoms with Gasteiger partial charge in [-0.15, -0.1) is 12.6 Å². The van der Waals surface area contributed by atoms with Crippen LogP contribution in [-0.4, -0.2) is 47.0 Å². The Morgan fingerprint density at radius 2 is 2.00 bits per heavy atom. The molecule has 1 amide bonds. The highest BCUT2D eigenvalue weighted by Gasteiger charge is 2.49. The van der Waals surface area contributed by atoms with E-state index in [1.807, 2.05) is 6.07 Å². The van der Waals surface area contributed by atoms with Crippen LogP contribution in [0.1, 0.15) is 43.9 Å². The van der Waals surface area contributed by atoms with Crippen molar-refractivity contribution >= 4 is 25.0 Å². The van der Waals surface area contributed by atoms with Gasteiger partial charge in [-0.3, -0.25) is 15.4 Å². The van der Waals surface area contributed by atoms with Crippen molar-refractivity contribution in [2.75, 3.05) is 13.1 Å². The molecular formula is C19H27N3O3S. The summed E-state index contributed by atoms with van der Waals surface area (Å²) in [6.45, 7) is 6.44. The van der Waals surface area contributed by atoms with E-state index in [1.54, 1.807) is 18.7 Å². The van der Waals surface area contributed by atoms with Gasteiger partial charge in [0, 0.05) is 18.6 Å². The van der Waals surface area contributed by atoms with Crippen LogP contribution in [-0.2, 0) is 9.53 Å². The number of hydrogen-bond acceptors (Lipinski definition) is 6. The van der Waals surface area contributed by atoms with Crippen LogP contribution in [0.2, 0.25) is 0 Å². The first-order valence-electron chi connectivity index (χ1n) is 8.98. The average molecular weight is 378 g/mol. The van der Waals surface area contributed by atoms with E-state index < -0.39 is 11.7 Å². The Hall–Kier alpha value is -1.57. The molecule has 0 bridgehead atoms. The molecule has 0 saturated carbocycles. The van der Waals surface area contributed by atoms with Crippen LogP contribution in [0, 0.1) is 6.92 Å². The third-order valence-corrected chi connectivity index (χ3v) is 5.63. The largest absolute Gasteiger partial charge is 0.436 e. The molecule has 2 atom stereocenters. The number of hydrogen-bond donors (Lipinski definition) is 3. The van der Waals surface area contributed by atoms with E-state index in [-0.39, 0.29) is 17.1 Å². The normalized spacial score (nSPS) is 25.3. The monoisotopic (exact) mass is 377 g/mol. The van der Waals surface area contributed by atoms with E-state index in [9.17, 15) is 9.59 Å². The Kier molecular flexibility index (Phi) is 5.33. The number of ether oxygens (including phenoxy) is 1. The Morgan fingerprint density at radius 3 is 2.62 bits per heavy atom. The molecule has 0 radical (unpaired) electrons. The van der Waals surface area contributed by atoms with Crippen molar-refractivity contribution in [1.82, 2.24) is 15.5 Å². The Balaban J connectivity index is 1.73. The van der Waals surface area contributed by atoms with Gasteiger partial charge in [0.15, 0.2) is 11.9 Å². The molecule has 0 aromatic heterocycles. The molecule has 7 heteroatoms. The summed E-state index contributed by atoms with van der Waals surface area (Å²) in [5.74, 6) is 0. The van der Waals surface area contributed by atoms with Gasteiger partial charge < -0.3 is 9.64 Å². The third kappa shape index (κ3) is 3.75. The number of nitrogens with one attached hydrogen (secondary N) is 2. The van der Waals surface area contributed by atoms with Crippen molar-refractivity contribution < 1.29 is 14.3 Å². The Bertz CT molecular complexity index is 686. The number of carbonyl (C=O) groups is 2. The minimum atomic E-state index is -1.10. The zero-order valence-electron chi connectivity index (χ0n) is 15.5. The number of carbonyl (C=O) groups excluding carboxylic acids is 2. The number of piperidine rings is 1. The number of aryl methyl sites for hydroxylation is 1. The number of likely N-dealkylation sites (tertiary alicyclic amines) is 1. The van der Waals surface area contributed by atoms with Crippen LogP contribution in [0.15, 0.2) is 24.3 Å². The van der Waals surface area contributed by atoms with Gasteiger partial charge in [-0.25, -0.2) is 4.79 Å². The summed E-state index contributed by atoms with van der Waals surface area (Å²) in [5.41, 5.74) is 1.15. The summed E-state index contributed by atoms with van der Waals surface area (Å²) in [6.07, 6.45) is 1.79.